The van der Waals surface area contributed by atoms with Crippen LogP contribution in [0.3, 0.4) is 0 Å². The molecule has 2 aliphatic heterocycles. The standard InChI is InChI=1S/C9H14N2O4/c1-15-9(14)11-4-6-2-10(8(12)13)3-7(6)5-11/h6-7H,2-5H2,1H3,(H,12,13)/t6-,7+. The molecular formula is C9H14N2O4. The Hall–Kier alpha value is -1.46. The number of likely N-dealkylation sites (tertiary alicyclic amines) is 2. The van der Waals surface area contributed by atoms with E-state index >= 15 is 0 Å². The molecule has 0 aliphatic carbocycles. The van der Waals surface area contributed by atoms with E-state index in [0.717, 1.165) is 0 Å². The molecule has 6 heteroatoms. The maximum Gasteiger partial charge on any atom is 0.409 e. The van der Waals surface area contributed by atoms with E-state index in [-0.39, 0.29) is 17.9 Å². The third-order valence-electron chi connectivity index (χ3n) is 3.19. The molecule has 0 unspecified atom stereocenters. The molecule has 0 aromatic rings. The second-order valence-corrected chi connectivity index (χ2v) is 4.08. The van der Waals surface area contributed by atoms with Crippen molar-refractivity contribution in [3.8, 4) is 0 Å². The minimum atomic E-state index is -0.867. The van der Waals surface area contributed by atoms with Crippen LogP contribution in [0.4, 0.5) is 9.59 Å². The number of amides is 2. The van der Waals surface area contributed by atoms with Gasteiger partial charge >= 0.3 is 12.2 Å². The van der Waals surface area contributed by atoms with E-state index in [1.807, 2.05) is 0 Å². The minimum absolute atomic E-state index is 0.278. The zero-order valence-corrected chi connectivity index (χ0v) is 8.55. The van der Waals surface area contributed by atoms with Crippen molar-refractivity contribution in [2.24, 2.45) is 11.8 Å². The number of methoxy groups -OCH3 is 1. The average Bonchev–Trinajstić information content (AvgIpc) is 2.72. The molecule has 0 bridgehead atoms. The van der Waals surface area contributed by atoms with Gasteiger partial charge in [0.2, 0.25) is 0 Å². The SMILES string of the molecule is COC(=O)N1C[C@H]2CN(C(=O)O)C[C@H]2C1. The molecule has 2 heterocycles. The van der Waals surface area contributed by atoms with Crippen molar-refractivity contribution in [3.05, 3.63) is 0 Å². The van der Waals surface area contributed by atoms with Crippen molar-refractivity contribution in [1.29, 1.82) is 0 Å². The number of carbonyl (C=O) groups excluding carboxylic acids is 1. The van der Waals surface area contributed by atoms with Crippen molar-refractivity contribution >= 4 is 12.2 Å². The fourth-order valence-corrected chi connectivity index (χ4v) is 2.43. The summed E-state index contributed by atoms with van der Waals surface area (Å²) in [5, 5.41) is 8.81. The molecule has 2 aliphatic rings. The molecule has 0 radical (unpaired) electrons. The van der Waals surface area contributed by atoms with Crippen LogP contribution in [0.1, 0.15) is 0 Å². The topological polar surface area (TPSA) is 70.1 Å². The van der Waals surface area contributed by atoms with Crippen LogP contribution in [0.25, 0.3) is 0 Å². The lowest BCUT2D eigenvalue weighted by molar-refractivity contribution is 0.125. The van der Waals surface area contributed by atoms with Crippen molar-refractivity contribution < 1.29 is 19.4 Å². The highest BCUT2D eigenvalue weighted by Crippen LogP contribution is 2.31. The zero-order chi connectivity index (χ0) is 11.0. The first-order valence-electron chi connectivity index (χ1n) is 4.92. The number of hydrogen-bond donors (Lipinski definition) is 1. The molecular weight excluding hydrogens is 200 g/mol. The van der Waals surface area contributed by atoms with E-state index in [0.29, 0.717) is 26.2 Å². The Morgan fingerprint density at radius 3 is 2.00 bits per heavy atom. The van der Waals surface area contributed by atoms with Gasteiger partial charge in [0.25, 0.3) is 0 Å². The van der Waals surface area contributed by atoms with Gasteiger partial charge in [-0.1, -0.05) is 0 Å². The van der Waals surface area contributed by atoms with Crippen LogP contribution >= 0.6 is 0 Å². The van der Waals surface area contributed by atoms with Gasteiger partial charge in [-0.05, 0) is 0 Å². The van der Waals surface area contributed by atoms with Gasteiger partial charge < -0.3 is 19.6 Å². The molecule has 6 nitrogen and oxygen atoms in total. The van der Waals surface area contributed by atoms with Crippen molar-refractivity contribution in [2.45, 2.75) is 0 Å². The van der Waals surface area contributed by atoms with Gasteiger partial charge in [-0.3, -0.25) is 0 Å². The van der Waals surface area contributed by atoms with E-state index < -0.39 is 6.09 Å². The molecule has 2 rings (SSSR count). The fraction of sp³-hybridized carbons (Fsp3) is 0.778. The molecule has 0 aromatic carbocycles. The molecule has 2 amide bonds. The first kappa shape index (κ1) is 10.1. The quantitative estimate of drug-likeness (QED) is 0.629. The van der Waals surface area contributed by atoms with Gasteiger partial charge in [-0.25, -0.2) is 9.59 Å². The Labute approximate surface area is 87.4 Å². The Bertz CT molecular complexity index is 280. The molecule has 2 fully saturated rings. The van der Waals surface area contributed by atoms with Gasteiger partial charge in [0.1, 0.15) is 0 Å². The Kier molecular flexibility index (Phi) is 2.42. The molecule has 0 aromatic heterocycles. The Balaban J connectivity index is 1.93. The molecule has 1 N–H and O–H groups in total. The lowest BCUT2D eigenvalue weighted by Gasteiger charge is -2.18. The smallest absolute Gasteiger partial charge is 0.409 e. The summed E-state index contributed by atoms with van der Waals surface area (Å²) >= 11 is 0. The average molecular weight is 214 g/mol. The number of fused-ring (bicyclic) bond motifs is 1. The Morgan fingerprint density at radius 2 is 1.60 bits per heavy atom. The third kappa shape index (κ3) is 1.71. The summed E-state index contributed by atoms with van der Waals surface area (Å²) in [6, 6.07) is 0. The largest absolute Gasteiger partial charge is 0.465 e. The van der Waals surface area contributed by atoms with Gasteiger partial charge in [0, 0.05) is 38.0 Å². The predicted molar refractivity (Wildman–Crippen MR) is 50.6 cm³/mol. The molecule has 84 valence electrons. The van der Waals surface area contributed by atoms with E-state index in [9.17, 15) is 9.59 Å². The van der Waals surface area contributed by atoms with Crippen LogP contribution in [-0.2, 0) is 4.74 Å². The molecule has 0 saturated carbocycles. The van der Waals surface area contributed by atoms with E-state index in [4.69, 9.17) is 5.11 Å². The van der Waals surface area contributed by atoms with Crippen molar-refractivity contribution in [2.75, 3.05) is 33.3 Å². The van der Waals surface area contributed by atoms with Gasteiger partial charge in [-0.2, -0.15) is 0 Å². The predicted octanol–water partition coefficient (Wildman–Crippen LogP) is 0.294. The van der Waals surface area contributed by atoms with Crippen molar-refractivity contribution in [3.63, 3.8) is 0 Å². The summed E-state index contributed by atoms with van der Waals surface area (Å²) in [5.41, 5.74) is 0. The van der Waals surface area contributed by atoms with Crippen LogP contribution < -0.4 is 0 Å². The highest BCUT2D eigenvalue weighted by Gasteiger charge is 2.43. The van der Waals surface area contributed by atoms with Gasteiger partial charge in [0.15, 0.2) is 0 Å². The molecule has 0 spiro atoms. The highest BCUT2D eigenvalue weighted by molar-refractivity contribution is 5.68. The van der Waals surface area contributed by atoms with E-state index in [1.165, 1.54) is 12.0 Å². The van der Waals surface area contributed by atoms with Crippen LogP contribution in [0.2, 0.25) is 0 Å². The van der Waals surface area contributed by atoms with E-state index in [2.05, 4.69) is 4.74 Å². The second kappa shape index (κ2) is 3.60. The number of carboxylic acid groups (broad SMARTS) is 1. The van der Waals surface area contributed by atoms with Crippen LogP contribution in [0.5, 0.6) is 0 Å². The maximum atomic E-state index is 11.2. The molecule has 2 atom stereocenters. The van der Waals surface area contributed by atoms with Crippen molar-refractivity contribution in [1.82, 2.24) is 9.80 Å². The summed E-state index contributed by atoms with van der Waals surface area (Å²) in [4.78, 5) is 25.0. The van der Waals surface area contributed by atoms with Crippen LogP contribution in [-0.4, -0.2) is 60.4 Å². The summed E-state index contributed by atoms with van der Waals surface area (Å²) in [5.74, 6) is 0.556. The number of nitrogens with zero attached hydrogens (tertiary/aromatic N) is 2. The highest BCUT2D eigenvalue weighted by atomic mass is 16.5. The summed E-state index contributed by atoms with van der Waals surface area (Å²) in [7, 11) is 1.36. The maximum absolute atomic E-state index is 11.2. The monoisotopic (exact) mass is 214 g/mol. The lowest BCUT2D eigenvalue weighted by Crippen LogP contribution is -2.34. The Morgan fingerprint density at radius 1 is 1.13 bits per heavy atom. The van der Waals surface area contributed by atoms with Crippen LogP contribution in [0.15, 0.2) is 0 Å². The minimum Gasteiger partial charge on any atom is -0.465 e. The number of hydrogen-bond acceptors (Lipinski definition) is 3. The van der Waals surface area contributed by atoms with Gasteiger partial charge in [0.05, 0.1) is 7.11 Å². The number of ether oxygens (including phenoxy) is 1. The van der Waals surface area contributed by atoms with Crippen LogP contribution in [0, 0.1) is 11.8 Å². The summed E-state index contributed by atoms with van der Waals surface area (Å²) in [6.45, 7) is 2.29. The normalized spacial score (nSPS) is 29.1. The number of carbonyl (C=O) groups is 2. The van der Waals surface area contributed by atoms with E-state index in [1.54, 1.807) is 4.90 Å². The second-order valence-electron chi connectivity index (χ2n) is 4.08. The first-order valence-corrected chi connectivity index (χ1v) is 4.92. The third-order valence-corrected chi connectivity index (χ3v) is 3.19. The number of rotatable bonds is 0. The molecule has 2 saturated heterocycles. The molecule has 15 heavy (non-hydrogen) atoms. The lowest BCUT2D eigenvalue weighted by atomic mass is 10.0. The summed E-state index contributed by atoms with van der Waals surface area (Å²) in [6.07, 6.45) is -1.18. The summed E-state index contributed by atoms with van der Waals surface area (Å²) < 4.78 is 4.63. The van der Waals surface area contributed by atoms with Gasteiger partial charge in [-0.15, -0.1) is 0 Å². The zero-order valence-electron chi connectivity index (χ0n) is 8.55. The fourth-order valence-electron chi connectivity index (χ4n) is 2.43. The first-order chi connectivity index (χ1) is 7.11.